The fraction of sp³-hybridized carbons (Fsp3) is 0.235. The lowest BCUT2D eigenvalue weighted by Crippen LogP contribution is -2.06. The average Bonchev–Trinajstić information content (AvgIpc) is 2.63. The van der Waals surface area contributed by atoms with Gasteiger partial charge in [0.25, 0.3) is 0 Å². The van der Waals surface area contributed by atoms with Gasteiger partial charge in [-0.15, -0.1) is 0 Å². The second-order valence-corrected chi connectivity index (χ2v) is 4.39. The maximum absolute atomic E-state index is 11.7. The molecule has 0 aliphatic heterocycles. The predicted molar refractivity (Wildman–Crippen MR) is 82.4 cm³/mol. The quantitative estimate of drug-likeness (QED) is 0.798. The van der Waals surface area contributed by atoms with E-state index in [2.05, 4.69) is 5.32 Å². The molecule has 0 unspecified atom stereocenters. The van der Waals surface area contributed by atoms with Gasteiger partial charge < -0.3 is 15.2 Å². The van der Waals surface area contributed by atoms with Gasteiger partial charge in [0.15, 0.2) is 0 Å². The number of carbonyl (C=O) groups excluding carboxylic acids is 1. The zero-order chi connectivity index (χ0) is 18.6. The van der Waals surface area contributed by atoms with Crippen LogP contribution in [-0.2, 0) is 11.3 Å². The molecule has 0 aromatic heterocycles. The summed E-state index contributed by atoms with van der Waals surface area (Å²) >= 11 is 0. The standard InChI is InChI=1S/C17H19NO3/c1-2-11-21-17(20)13-7-9-15(10-8-13)18-12-14-5-3-4-6-16(14)19/h3-10,18-19H,2,11-12H2,1H3/i3D,4D,5D,6D. The molecule has 2 aromatic carbocycles. The summed E-state index contributed by atoms with van der Waals surface area (Å²) in [5.74, 6) is -0.874. The predicted octanol–water partition coefficient (Wildman–Crippen LogP) is 3.57. The molecule has 0 aliphatic rings. The number of carbonyl (C=O) groups is 1. The van der Waals surface area contributed by atoms with Gasteiger partial charge in [-0.3, -0.25) is 0 Å². The van der Waals surface area contributed by atoms with E-state index in [-0.39, 0.29) is 18.2 Å². The number of nitrogens with one attached hydrogen (secondary N) is 1. The molecular formula is C17H19NO3. The van der Waals surface area contributed by atoms with Crippen LogP contribution >= 0.6 is 0 Å². The largest absolute Gasteiger partial charge is 0.508 e. The van der Waals surface area contributed by atoms with Gasteiger partial charge in [-0.1, -0.05) is 25.1 Å². The van der Waals surface area contributed by atoms with Crippen molar-refractivity contribution in [1.29, 1.82) is 0 Å². The van der Waals surface area contributed by atoms with E-state index in [1.807, 2.05) is 6.92 Å². The van der Waals surface area contributed by atoms with Crippen LogP contribution in [0.1, 0.15) is 34.7 Å². The Labute approximate surface area is 130 Å². The van der Waals surface area contributed by atoms with Gasteiger partial charge in [-0.25, -0.2) is 4.79 Å². The number of rotatable bonds is 6. The second kappa shape index (κ2) is 7.33. The number of ether oxygens (including phenoxy) is 1. The minimum atomic E-state index is -0.474. The number of aromatic hydroxyl groups is 1. The third-order valence-electron chi connectivity index (χ3n) is 2.77. The zero-order valence-corrected chi connectivity index (χ0v) is 11.7. The molecule has 2 aromatic rings. The number of para-hydroxylation sites is 1. The highest BCUT2D eigenvalue weighted by Gasteiger charge is 2.06. The van der Waals surface area contributed by atoms with E-state index in [9.17, 15) is 9.90 Å². The zero-order valence-electron chi connectivity index (χ0n) is 15.7. The van der Waals surface area contributed by atoms with Crippen LogP contribution in [0.3, 0.4) is 0 Å². The van der Waals surface area contributed by atoms with Crippen molar-refractivity contribution in [2.45, 2.75) is 19.9 Å². The molecule has 0 atom stereocenters. The lowest BCUT2D eigenvalue weighted by Gasteiger charge is -2.09. The van der Waals surface area contributed by atoms with Gasteiger partial charge in [0, 0.05) is 17.8 Å². The monoisotopic (exact) mass is 289 g/mol. The average molecular weight is 289 g/mol. The molecule has 0 saturated carbocycles. The number of esters is 1. The van der Waals surface area contributed by atoms with Gasteiger partial charge in [0.1, 0.15) is 5.75 Å². The summed E-state index contributed by atoms with van der Waals surface area (Å²) in [5.41, 5.74) is 1.14. The van der Waals surface area contributed by atoms with E-state index in [1.165, 1.54) is 0 Å². The lowest BCUT2D eigenvalue weighted by molar-refractivity contribution is 0.0505. The molecule has 2 N–H and O–H groups in total. The first-order chi connectivity index (χ1) is 11.9. The normalized spacial score (nSPS) is 12.8. The van der Waals surface area contributed by atoms with Gasteiger partial charge in [0.2, 0.25) is 0 Å². The molecule has 2 rings (SSSR count). The van der Waals surface area contributed by atoms with E-state index >= 15 is 0 Å². The van der Waals surface area contributed by atoms with Crippen molar-refractivity contribution >= 4 is 11.7 Å². The maximum Gasteiger partial charge on any atom is 0.338 e. The molecular weight excluding hydrogens is 266 g/mol. The van der Waals surface area contributed by atoms with Crippen LogP contribution in [0.2, 0.25) is 0 Å². The van der Waals surface area contributed by atoms with Crippen LogP contribution in [0.5, 0.6) is 5.75 Å². The van der Waals surface area contributed by atoms with Crippen molar-refractivity contribution in [3.05, 3.63) is 59.6 Å². The van der Waals surface area contributed by atoms with Gasteiger partial charge in [-0.2, -0.15) is 0 Å². The minimum absolute atomic E-state index is 0.0162. The number of phenolic OH excluding ortho intramolecular Hbond substituents is 1. The third kappa shape index (κ3) is 4.24. The van der Waals surface area contributed by atoms with Crippen LogP contribution in [0.4, 0.5) is 5.69 Å². The Morgan fingerprint density at radius 1 is 1.29 bits per heavy atom. The second-order valence-electron chi connectivity index (χ2n) is 4.39. The number of phenols is 1. The summed E-state index contributed by atoms with van der Waals surface area (Å²) in [6, 6.07) is 4.89. The van der Waals surface area contributed by atoms with Crippen molar-refractivity contribution in [3.63, 3.8) is 0 Å². The molecule has 0 spiro atoms. The molecule has 21 heavy (non-hydrogen) atoms. The summed E-state index contributed by atoms with van der Waals surface area (Å²) in [6.07, 6.45) is 0.747. The van der Waals surface area contributed by atoms with Crippen LogP contribution in [0.25, 0.3) is 0 Å². The highest BCUT2D eigenvalue weighted by Crippen LogP contribution is 2.18. The van der Waals surface area contributed by atoms with Crippen LogP contribution < -0.4 is 5.32 Å². The molecule has 0 bridgehead atoms. The van der Waals surface area contributed by atoms with Crippen molar-refractivity contribution in [2.75, 3.05) is 11.9 Å². The van der Waals surface area contributed by atoms with Crippen molar-refractivity contribution in [1.82, 2.24) is 0 Å². The van der Waals surface area contributed by atoms with E-state index < -0.39 is 29.8 Å². The molecule has 0 saturated heterocycles. The molecule has 110 valence electrons. The molecule has 4 heteroatoms. The first-order valence-electron chi connectivity index (χ1n) is 8.66. The van der Waals surface area contributed by atoms with Gasteiger partial charge in [0.05, 0.1) is 17.7 Å². The number of hydrogen-bond acceptors (Lipinski definition) is 4. The lowest BCUT2D eigenvalue weighted by atomic mass is 10.2. The summed E-state index contributed by atoms with van der Waals surface area (Å²) in [7, 11) is 0. The first-order valence-corrected chi connectivity index (χ1v) is 6.66. The highest BCUT2D eigenvalue weighted by molar-refractivity contribution is 5.89. The van der Waals surface area contributed by atoms with Crippen LogP contribution in [0.15, 0.2) is 48.4 Å². The van der Waals surface area contributed by atoms with E-state index in [0.717, 1.165) is 6.42 Å². The number of anilines is 1. The molecule has 0 heterocycles. The fourth-order valence-electron chi connectivity index (χ4n) is 1.65. The molecule has 0 fully saturated rings. The SMILES string of the molecule is [2H]c1c([2H])c([2H])c(CNc2ccc(C(=O)OCCC)cc2)c(O)c1[2H]. The van der Waals surface area contributed by atoms with Crippen LogP contribution in [0, 0.1) is 0 Å². The summed E-state index contributed by atoms with van der Waals surface area (Å²) in [6.45, 7) is 2.29. The molecule has 4 nitrogen and oxygen atoms in total. The van der Waals surface area contributed by atoms with E-state index in [0.29, 0.717) is 17.9 Å². The summed E-state index contributed by atoms with van der Waals surface area (Å²) in [5, 5.41) is 12.9. The Bertz CT molecular complexity index is 749. The van der Waals surface area contributed by atoms with Crippen LogP contribution in [-0.4, -0.2) is 17.7 Å². The third-order valence-corrected chi connectivity index (χ3v) is 2.77. The fourth-order valence-corrected chi connectivity index (χ4v) is 1.65. The minimum Gasteiger partial charge on any atom is -0.508 e. The topological polar surface area (TPSA) is 58.6 Å². The Morgan fingerprint density at radius 3 is 2.71 bits per heavy atom. The Balaban J connectivity index is 2.11. The van der Waals surface area contributed by atoms with Crippen molar-refractivity contribution in [3.8, 4) is 5.75 Å². The Morgan fingerprint density at radius 2 is 2.00 bits per heavy atom. The number of benzene rings is 2. The Kier molecular flexibility index (Phi) is 3.59. The summed E-state index contributed by atoms with van der Waals surface area (Å²) < 4.78 is 35.7. The van der Waals surface area contributed by atoms with Gasteiger partial charge >= 0.3 is 5.97 Å². The van der Waals surface area contributed by atoms with Gasteiger partial charge in [-0.05, 0) is 36.7 Å². The highest BCUT2D eigenvalue weighted by atomic mass is 16.5. The molecule has 0 radical (unpaired) electrons. The molecule has 0 amide bonds. The maximum atomic E-state index is 11.7. The summed E-state index contributed by atoms with van der Waals surface area (Å²) in [4.78, 5) is 11.7. The first kappa shape index (κ1) is 10.3. The van der Waals surface area contributed by atoms with Crippen molar-refractivity contribution in [2.24, 2.45) is 0 Å². The molecule has 0 aliphatic carbocycles. The van der Waals surface area contributed by atoms with E-state index in [4.69, 9.17) is 10.2 Å². The smallest absolute Gasteiger partial charge is 0.338 e. The van der Waals surface area contributed by atoms with E-state index in [1.54, 1.807) is 24.3 Å². The van der Waals surface area contributed by atoms with Crippen molar-refractivity contribution < 1.29 is 20.1 Å². The Hall–Kier alpha value is -2.49. The number of hydrogen-bond donors (Lipinski definition) is 2.